The monoisotopic (exact) mass is 345 g/mol. The maximum absolute atomic E-state index is 12.1. The van der Waals surface area contributed by atoms with Crippen molar-refractivity contribution in [1.29, 1.82) is 0 Å². The number of amides is 1. The normalized spacial score (nSPS) is 11.3. The molecule has 0 aliphatic heterocycles. The minimum Gasteiger partial charge on any atom is -0.388 e. The van der Waals surface area contributed by atoms with Gasteiger partial charge in [0.1, 0.15) is 0 Å². The Morgan fingerprint density at radius 1 is 1.38 bits per heavy atom. The van der Waals surface area contributed by atoms with Crippen LogP contribution >= 0.6 is 11.3 Å². The van der Waals surface area contributed by atoms with Gasteiger partial charge in [0.2, 0.25) is 5.91 Å². The average Bonchev–Trinajstić information content (AvgIpc) is 3.15. The molecular weight excluding hydrogens is 322 g/mol. The Morgan fingerprint density at radius 2 is 2.04 bits per heavy atom. The van der Waals surface area contributed by atoms with Gasteiger partial charge in [-0.05, 0) is 30.4 Å². The largest absolute Gasteiger partial charge is 0.388 e. The van der Waals surface area contributed by atoms with Gasteiger partial charge in [0.25, 0.3) is 0 Å². The van der Waals surface area contributed by atoms with E-state index in [2.05, 4.69) is 16.5 Å². The molecule has 2 aromatic rings. The van der Waals surface area contributed by atoms with Crippen molar-refractivity contribution in [3.63, 3.8) is 0 Å². The zero-order valence-electron chi connectivity index (χ0n) is 14.1. The van der Waals surface area contributed by atoms with E-state index in [9.17, 15) is 9.90 Å². The van der Waals surface area contributed by atoms with Gasteiger partial charge in [-0.2, -0.15) is 0 Å². The predicted molar refractivity (Wildman–Crippen MR) is 96.5 cm³/mol. The molecule has 0 aromatic carbocycles. The van der Waals surface area contributed by atoms with Crippen molar-refractivity contribution in [2.24, 2.45) is 0 Å². The first-order valence-corrected chi connectivity index (χ1v) is 8.87. The third-order valence-corrected chi connectivity index (χ3v) is 4.97. The first-order valence-electron chi connectivity index (χ1n) is 8.00. The second-order valence-electron chi connectivity index (χ2n) is 5.72. The molecule has 2 heterocycles. The number of hydrogen-bond acceptors (Lipinski definition) is 5. The zero-order chi connectivity index (χ0) is 17.6. The van der Waals surface area contributed by atoms with Crippen LogP contribution in [0.25, 0.3) is 10.7 Å². The fourth-order valence-electron chi connectivity index (χ4n) is 2.36. The Kier molecular flexibility index (Phi) is 6.23. The Morgan fingerprint density at radius 3 is 2.54 bits per heavy atom. The number of thiophene rings is 1. The third kappa shape index (κ3) is 4.49. The van der Waals surface area contributed by atoms with Gasteiger partial charge in [0.05, 0.1) is 17.0 Å². The van der Waals surface area contributed by atoms with Crippen molar-refractivity contribution in [2.75, 3.05) is 6.54 Å². The van der Waals surface area contributed by atoms with E-state index in [-0.39, 0.29) is 12.5 Å². The molecule has 0 aliphatic carbocycles. The van der Waals surface area contributed by atoms with Crippen LogP contribution in [-0.4, -0.2) is 38.0 Å². The number of hydrogen-bond donors (Lipinski definition) is 1. The first-order chi connectivity index (χ1) is 11.5. The molecule has 0 spiro atoms. The van der Waals surface area contributed by atoms with Crippen LogP contribution in [0.1, 0.15) is 32.3 Å². The Hall–Kier alpha value is -2.05. The topological polar surface area (TPSA) is 66.3 Å². The van der Waals surface area contributed by atoms with E-state index < -0.39 is 5.60 Å². The van der Waals surface area contributed by atoms with Crippen LogP contribution in [0.5, 0.6) is 0 Å². The summed E-state index contributed by atoms with van der Waals surface area (Å²) in [5, 5.41) is 12.5. The minimum atomic E-state index is -0.892. The van der Waals surface area contributed by atoms with Gasteiger partial charge in [-0.3, -0.25) is 4.79 Å². The summed E-state index contributed by atoms with van der Waals surface area (Å²) in [5.74, 6) is 0.464. The Labute approximate surface area is 146 Å². The van der Waals surface area contributed by atoms with E-state index in [0.717, 1.165) is 10.4 Å². The summed E-state index contributed by atoms with van der Waals surface area (Å²) in [6, 6.07) is 3.92. The smallest absolute Gasteiger partial charge is 0.246 e. The highest BCUT2D eigenvalue weighted by atomic mass is 32.1. The first kappa shape index (κ1) is 18.3. The third-order valence-electron chi connectivity index (χ3n) is 4.11. The summed E-state index contributed by atoms with van der Waals surface area (Å²) < 4.78 is 0. The number of carbonyl (C=O) groups is 1. The fourth-order valence-corrected chi connectivity index (χ4v) is 3.03. The maximum Gasteiger partial charge on any atom is 0.246 e. The van der Waals surface area contributed by atoms with Gasteiger partial charge in [0, 0.05) is 24.5 Å². The second kappa shape index (κ2) is 8.17. The number of rotatable bonds is 8. The van der Waals surface area contributed by atoms with Crippen LogP contribution in [0.2, 0.25) is 0 Å². The van der Waals surface area contributed by atoms with Crippen LogP contribution < -0.4 is 0 Å². The van der Waals surface area contributed by atoms with Crippen molar-refractivity contribution >= 4 is 17.2 Å². The van der Waals surface area contributed by atoms with Crippen molar-refractivity contribution in [3.05, 3.63) is 48.1 Å². The van der Waals surface area contributed by atoms with Crippen LogP contribution in [-0.2, 0) is 11.3 Å². The van der Waals surface area contributed by atoms with Crippen molar-refractivity contribution in [1.82, 2.24) is 14.9 Å². The molecule has 2 rings (SSSR count). The van der Waals surface area contributed by atoms with Gasteiger partial charge in [-0.25, -0.2) is 9.97 Å². The van der Waals surface area contributed by atoms with Crippen LogP contribution in [0, 0.1) is 0 Å². The van der Waals surface area contributed by atoms with Gasteiger partial charge < -0.3 is 10.0 Å². The zero-order valence-corrected chi connectivity index (χ0v) is 14.9. The van der Waals surface area contributed by atoms with Crippen LogP contribution in [0.3, 0.4) is 0 Å². The van der Waals surface area contributed by atoms with Crippen LogP contribution in [0.15, 0.2) is 42.6 Å². The van der Waals surface area contributed by atoms with E-state index in [1.807, 2.05) is 31.4 Å². The second-order valence-corrected chi connectivity index (χ2v) is 6.67. The molecule has 24 heavy (non-hydrogen) atoms. The lowest BCUT2D eigenvalue weighted by Crippen LogP contribution is -2.44. The van der Waals surface area contributed by atoms with E-state index in [4.69, 9.17) is 0 Å². The SMILES string of the molecule is C=CC(=O)N(Cc1cnc(-c2cccs2)nc1)CC(O)(CC)CC. The quantitative estimate of drug-likeness (QED) is 0.746. The van der Waals surface area contributed by atoms with Gasteiger partial charge in [-0.15, -0.1) is 11.3 Å². The number of nitrogens with zero attached hydrogens (tertiary/aromatic N) is 3. The Balaban J connectivity index is 2.14. The molecule has 0 fully saturated rings. The number of carbonyl (C=O) groups excluding carboxylic acids is 1. The molecule has 1 N–H and O–H groups in total. The summed E-state index contributed by atoms with van der Waals surface area (Å²) in [4.78, 5) is 23.5. The molecule has 0 atom stereocenters. The molecule has 2 aromatic heterocycles. The summed E-state index contributed by atoms with van der Waals surface area (Å²) in [5.41, 5.74) is -0.0729. The highest BCUT2D eigenvalue weighted by molar-refractivity contribution is 7.13. The summed E-state index contributed by atoms with van der Waals surface area (Å²) in [6.45, 7) is 7.99. The molecule has 0 unspecified atom stereocenters. The molecular formula is C18H23N3O2S. The summed E-state index contributed by atoms with van der Waals surface area (Å²) >= 11 is 1.58. The van der Waals surface area contributed by atoms with E-state index in [0.29, 0.717) is 25.2 Å². The molecule has 128 valence electrons. The standard InChI is InChI=1S/C18H23N3O2S/c1-4-16(22)21(13-18(23,5-2)6-3)12-14-10-19-17(20-11-14)15-8-7-9-24-15/h4,7-11,23H,1,5-6,12-13H2,2-3H3. The van der Waals surface area contributed by atoms with Gasteiger partial charge >= 0.3 is 0 Å². The van der Waals surface area contributed by atoms with Gasteiger partial charge in [0.15, 0.2) is 5.82 Å². The van der Waals surface area contributed by atoms with E-state index in [1.54, 1.807) is 28.6 Å². The summed E-state index contributed by atoms with van der Waals surface area (Å²) in [7, 11) is 0. The lowest BCUT2D eigenvalue weighted by molar-refractivity contribution is -0.130. The van der Waals surface area contributed by atoms with Gasteiger partial charge in [-0.1, -0.05) is 26.5 Å². The highest BCUT2D eigenvalue weighted by Crippen LogP contribution is 2.21. The van der Waals surface area contributed by atoms with E-state index >= 15 is 0 Å². The molecule has 6 heteroatoms. The minimum absolute atomic E-state index is 0.211. The molecule has 0 radical (unpaired) electrons. The summed E-state index contributed by atoms with van der Waals surface area (Å²) in [6.07, 6.45) is 5.88. The molecule has 0 saturated heterocycles. The molecule has 0 aliphatic rings. The fraction of sp³-hybridized carbons (Fsp3) is 0.389. The van der Waals surface area contributed by atoms with Crippen LogP contribution in [0.4, 0.5) is 0 Å². The van der Waals surface area contributed by atoms with Crippen molar-refractivity contribution < 1.29 is 9.90 Å². The maximum atomic E-state index is 12.1. The molecule has 0 bridgehead atoms. The van der Waals surface area contributed by atoms with E-state index in [1.165, 1.54) is 6.08 Å². The molecule has 0 saturated carbocycles. The highest BCUT2D eigenvalue weighted by Gasteiger charge is 2.27. The van der Waals surface area contributed by atoms with Crippen molar-refractivity contribution in [3.8, 4) is 10.7 Å². The van der Waals surface area contributed by atoms with Crippen molar-refractivity contribution in [2.45, 2.75) is 38.8 Å². The molecule has 1 amide bonds. The number of aliphatic hydroxyl groups is 1. The number of aromatic nitrogens is 2. The lowest BCUT2D eigenvalue weighted by atomic mass is 9.96. The lowest BCUT2D eigenvalue weighted by Gasteiger charge is -2.32. The average molecular weight is 345 g/mol. The molecule has 5 nitrogen and oxygen atoms in total. The Bertz CT molecular complexity index is 664. The predicted octanol–water partition coefficient (Wildman–Crippen LogP) is 3.27.